The van der Waals surface area contributed by atoms with E-state index in [1.807, 2.05) is 26.8 Å². The molecule has 1 aliphatic rings. The van der Waals surface area contributed by atoms with E-state index in [0.717, 1.165) is 0 Å². The van der Waals surface area contributed by atoms with Crippen LogP contribution in [-0.4, -0.2) is 50.2 Å². The third kappa shape index (κ3) is 6.45. The van der Waals surface area contributed by atoms with Crippen LogP contribution in [0.25, 0.3) is 0 Å². The number of carbonyl (C=O) groups is 3. The molecule has 1 unspecified atom stereocenters. The van der Waals surface area contributed by atoms with Crippen LogP contribution in [0.1, 0.15) is 38.1 Å². The first-order chi connectivity index (χ1) is 19.3. The topological polar surface area (TPSA) is 115 Å². The van der Waals surface area contributed by atoms with Crippen molar-refractivity contribution in [2.75, 3.05) is 41.9 Å². The number of hydrogen-bond acceptors (Lipinski definition) is 7. The van der Waals surface area contributed by atoms with Crippen LogP contribution in [0, 0.1) is 0 Å². The van der Waals surface area contributed by atoms with Crippen LogP contribution < -0.4 is 34.5 Å². The molecule has 1 aliphatic heterocycles. The number of amides is 3. The van der Waals surface area contributed by atoms with Gasteiger partial charge in [0.25, 0.3) is 11.8 Å². The second-order valence-electron chi connectivity index (χ2n) is 8.84. The summed E-state index contributed by atoms with van der Waals surface area (Å²) in [6, 6.07) is 17.1. The van der Waals surface area contributed by atoms with Crippen LogP contribution in [0.15, 0.2) is 60.7 Å². The number of anilines is 3. The molecule has 0 aliphatic carbocycles. The average molecular weight is 548 g/mol. The second-order valence-corrected chi connectivity index (χ2v) is 8.84. The first-order valence-corrected chi connectivity index (χ1v) is 13.2. The van der Waals surface area contributed by atoms with Crippen LogP contribution >= 0.6 is 0 Å². The Morgan fingerprint density at radius 3 is 2.12 bits per heavy atom. The van der Waals surface area contributed by atoms with Crippen molar-refractivity contribution in [3.05, 3.63) is 66.2 Å². The van der Waals surface area contributed by atoms with Crippen molar-refractivity contribution in [1.82, 2.24) is 0 Å². The van der Waals surface area contributed by atoms with Gasteiger partial charge in [0.05, 0.1) is 25.5 Å². The van der Waals surface area contributed by atoms with E-state index in [0.29, 0.717) is 65.4 Å². The largest absolute Gasteiger partial charge is 0.490 e. The molecule has 0 spiro atoms. The number of fused-ring (bicyclic) bond motifs is 1. The van der Waals surface area contributed by atoms with Gasteiger partial charge in [-0.3, -0.25) is 19.3 Å². The fourth-order valence-corrected chi connectivity index (χ4v) is 4.24. The molecule has 0 bridgehead atoms. The molecule has 0 radical (unpaired) electrons. The lowest BCUT2D eigenvalue weighted by Gasteiger charge is -2.33. The number of carbonyl (C=O) groups excluding carboxylic acids is 3. The third-order valence-electron chi connectivity index (χ3n) is 5.96. The second kappa shape index (κ2) is 12.9. The van der Waals surface area contributed by atoms with Gasteiger partial charge in [0.1, 0.15) is 12.3 Å². The molecular formula is C30H33N3O7. The van der Waals surface area contributed by atoms with Crippen LogP contribution in [-0.2, 0) is 9.59 Å². The highest BCUT2D eigenvalue weighted by Crippen LogP contribution is 2.40. The summed E-state index contributed by atoms with van der Waals surface area (Å²) in [5, 5.41) is 5.64. The first kappa shape index (κ1) is 28.3. The van der Waals surface area contributed by atoms with E-state index in [9.17, 15) is 14.4 Å². The molecule has 1 atom stereocenters. The van der Waals surface area contributed by atoms with Gasteiger partial charge in [-0.2, -0.15) is 0 Å². The predicted molar refractivity (Wildman–Crippen MR) is 152 cm³/mol. The monoisotopic (exact) mass is 547 g/mol. The highest BCUT2D eigenvalue weighted by molar-refractivity contribution is 6.08. The van der Waals surface area contributed by atoms with Crippen LogP contribution in [0.4, 0.5) is 17.1 Å². The van der Waals surface area contributed by atoms with Crippen molar-refractivity contribution in [2.45, 2.75) is 33.8 Å². The molecule has 0 saturated carbocycles. The van der Waals surface area contributed by atoms with Crippen molar-refractivity contribution in [2.24, 2.45) is 0 Å². The smallest absolute Gasteiger partial charge is 0.268 e. The molecule has 0 fully saturated rings. The van der Waals surface area contributed by atoms with Crippen molar-refractivity contribution in [3.8, 4) is 23.0 Å². The van der Waals surface area contributed by atoms with Crippen LogP contribution in [0.3, 0.4) is 0 Å². The number of nitrogens with one attached hydrogen (secondary N) is 2. The Bertz CT molecular complexity index is 1350. The number of hydrogen-bond donors (Lipinski definition) is 2. The normalized spacial score (nSPS) is 14.1. The van der Waals surface area contributed by atoms with Crippen LogP contribution in [0.5, 0.6) is 23.0 Å². The van der Waals surface area contributed by atoms with Gasteiger partial charge in [-0.25, -0.2) is 0 Å². The van der Waals surface area contributed by atoms with Gasteiger partial charge in [-0.1, -0.05) is 18.2 Å². The number of rotatable bonds is 11. The Kier molecular flexibility index (Phi) is 9.11. The summed E-state index contributed by atoms with van der Waals surface area (Å²) in [5.41, 5.74) is 1.71. The summed E-state index contributed by atoms with van der Waals surface area (Å²) < 4.78 is 22.9. The van der Waals surface area contributed by atoms with Crippen LogP contribution in [0.2, 0.25) is 0 Å². The fourth-order valence-electron chi connectivity index (χ4n) is 4.24. The standard InChI is InChI=1S/C30H33N3O7/c1-5-37-25-15-20(16-26(38-6-2)28(25)39-7-3)29(35)32-22-13-14-24-23(17-22)33(30(36)19(4)40-24)18-27(34)31-21-11-9-8-10-12-21/h8-17,19H,5-7,18H2,1-4H3,(H,31,34)(H,32,35). The van der Waals surface area contributed by atoms with E-state index in [1.54, 1.807) is 61.5 Å². The highest BCUT2D eigenvalue weighted by Gasteiger charge is 2.33. The molecule has 1 heterocycles. The zero-order valence-corrected chi connectivity index (χ0v) is 23.0. The molecule has 3 aromatic carbocycles. The van der Waals surface area contributed by atoms with E-state index < -0.39 is 12.0 Å². The SMILES string of the molecule is CCOc1cc(C(=O)Nc2ccc3c(c2)N(CC(=O)Nc2ccccc2)C(=O)C(C)O3)cc(OCC)c1OCC. The van der Waals surface area contributed by atoms with E-state index in [2.05, 4.69) is 10.6 Å². The lowest BCUT2D eigenvalue weighted by molar-refractivity contribution is -0.127. The predicted octanol–water partition coefficient (Wildman–Crippen LogP) is 4.89. The third-order valence-corrected chi connectivity index (χ3v) is 5.96. The minimum atomic E-state index is -0.768. The highest BCUT2D eigenvalue weighted by atomic mass is 16.5. The molecule has 3 aromatic rings. The summed E-state index contributed by atoms with van der Waals surface area (Å²) in [6.07, 6.45) is -0.768. The van der Waals surface area contributed by atoms with Gasteiger partial charge in [-0.05, 0) is 70.2 Å². The van der Waals surface area contributed by atoms with Gasteiger partial charge in [0.2, 0.25) is 11.7 Å². The maximum absolute atomic E-state index is 13.3. The quantitative estimate of drug-likeness (QED) is 0.351. The molecule has 0 saturated heterocycles. The van der Waals surface area contributed by atoms with Gasteiger partial charge < -0.3 is 29.6 Å². The number of benzene rings is 3. The summed E-state index contributed by atoms with van der Waals surface area (Å²) in [6.45, 7) is 8.09. The van der Waals surface area contributed by atoms with E-state index in [-0.39, 0.29) is 18.4 Å². The van der Waals surface area contributed by atoms with E-state index in [1.165, 1.54) is 4.90 Å². The van der Waals surface area contributed by atoms with E-state index in [4.69, 9.17) is 18.9 Å². The van der Waals surface area contributed by atoms with Gasteiger partial charge in [0, 0.05) is 16.9 Å². The van der Waals surface area contributed by atoms with Crippen molar-refractivity contribution < 1.29 is 33.3 Å². The fraction of sp³-hybridized carbons (Fsp3) is 0.300. The minimum Gasteiger partial charge on any atom is -0.490 e. The average Bonchev–Trinajstić information content (AvgIpc) is 2.94. The minimum absolute atomic E-state index is 0.222. The maximum atomic E-state index is 13.3. The summed E-state index contributed by atoms with van der Waals surface area (Å²) in [7, 11) is 0. The maximum Gasteiger partial charge on any atom is 0.268 e. The van der Waals surface area contributed by atoms with Crippen molar-refractivity contribution in [3.63, 3.8) is 0 Å². The summed E-state index contributed by atoms with van der Waals surface area (Å²) in [5.74, 6) is 0.504. The molecule has 40 heavy (non-hydrogen) atoms. The molecule has 10 nitrogen and oxygen atoms in total. The van der Waals surface area contributed by atoms with E-state index >= 15 is 0 Å². The van der Waals surface area contributed by atoms with Gasteiger partial charge in [0.15, 0.2) is 17.6 Å². The Morgan fingerprint density at radius 1 is 0.850 bits per heavy atom. The lowest BCUT2D eigenvalue weighted by atomic mass is 10.1. The molecular weight excluding hydrogens is 514 g/mol. The Labute approximate surface area is 233 Å². The van der Waals surface area contributed by atoms with Gasteiger partial charge >= 0.3 is 0 Å². The lowest BCUT2D eigenvalue weighted by Crippen LogP contribution is -2.47. The first-order valence-electron chi connectivity index (χ1n) is 13.2. The molecule has 3 amide bonds. The number of ether oxygens (including phenoxy) is 4. The Morgan fingerprint density at radius 2 is 1.50 bits per heavy atom. The molecule has 0 aromatic heterocycles. The molecule has 10 heteroatoms. The van der Waals surface area contributed by atoms with Gasteiger partial charge in [-0.15, -0.1) is 0 Å². The zero-order valence-electron chi connectivity index (χ0n) is 23.0. The number of nitrogens with zero attached hydrogens (tertiary/aromatic N) is 1. The molecule has 4 rings (SSSR count). The Hall–Kier alpha value is -4.73. The summed E-state index contributed by atoms with van der Waals surface area (Å²) in [4.78, 5) is 40.5. The summed E-state index contributed by atoms with van der Waals surface area (Å²) >= 11 is 0. The number of para-hydroxylation sites is 1. The zero-order chi connectivity index (χ0) is 28.6. The van der Waals surface area contributed by atoms with Crippen molar-refractivity contribution >= 4 is 34.8 Å². The Balaban J connectivity index is 1.59. The molecule has 2 N–H and O–H groups in total. The van der Waals surface area contributed by atoms with Crippen molar-refractivity contribution in [1.29, 1.82) is 0 Å². The molecule has 210 valence electrons.